The molecule has 1 amide bonds. The minimum absolute atomic E-state index is 0.105. The number of benzene rings is 2. The number of esters is 1. The number of rotatable bonds is 7. The molecule has 3 rings (SSSR count). The number of nitrogens with zero attached hydrogens (tertiary/aromatic N) is 2. The van der Waals surface area contributed by atoms with Gasteiger partial charge in [0.25, 0.3) is 0 Å². The van der Waals surface area contributed by atoms with Crippen LogP contribution in [0.4, 0.5) is 14.5 Å². The first-order valence-electron chi connectivity index (χ1n) is 9.29. The lowest BCUT2D eigenvalue weighted by atomic mass is 10.1. The highest BCUT2D eigenvalue weighted by atomic mass is 19.1. The number of para-hydroxylation sites is 1. The molecule has 29 heavy (non-hydrogen) atoms. The minimum Gasteiger partial charge on any atom is -0.461 e. The zero-order valence-corrected chi connectivity index (χ0v) is 15.9. The average Bonchev–Trinajstić information content (AvgIpc) is 3.14. The van der Waals surface area contributed by atoms with Crippen molar-refractivity contribution in [1.82, 2.24) is 5.32 Å². The highest BCUT2D eigenvalue weighted by Gasteiger charge is 2.36. The van der Waals surface area contributed by atoms with Crippen LogP contribution < -0.4 is 10.3 Å². The van der Waals surface area contributed by atoms with Crippen LogP contribution >= 0.6 is 0 Å². The summed E-state index contributed by atoms with van der Waals surface area (Å²) in [4.78, 5) is 24.8. The van der Waals surface area contributed by atoms with Crippen molar-refractivity contribution >= 4 is 23.3 Å². The second kappa shape index (κ2) is 9.27. The summed E-state index contributed by atoms with van der Waals surface area (Å²) in [5, 5.41) is 8.53. The first-order chi connectivity index (χ1) is 14.0. The average molecular weight is 401 g/mol. The number of carbonyl (C=O) groups excluding carboxylic acids is 2. The van der Waals surface area contributed by atoms with E-state index in [0.717, 1.165) is 6.07 Å². The first kappa shape index (κ1) is 20.4. The molecule has 1 N–H and O–H groups in total. The Labute approximate surface area is 167 Å². The number of hydrazone groups is 1. The summed E-state index contributed by atoms with van der Waals surface area (Å²) in [6.45, 7) is 2.10. The smallest absolute Gasteiger partial charge is 0.354 e. The van der Waals surface area contributed by atoms with Crippen LogP contribution in [-0.2, 0) is 20.7 Å². The molecule has 0 radical (unpaired) electrons. The van der Waals surface area contributed by atoms with Crippen molar-refractivity contribution < 1.29 is 23.1 Å². The largest absolute Gasteiger partial charge is 0.461 e. The van der Waals surface area contributed by atoms with Crippen LogP contribution in [0.5, 0.6) is 0 Å². The zero-order valence-electron chi connectivity index (χ0n) is 15.9. The Morgan fingerprint density at radius 1 is 1.17 bits per heavy atom. The predicted molar refractivity (Wildman–Crippen MR) is 104 cm³/mol. The third kappa shape index (κ3) is 5.16. The van der Waals surface area contributed by atoms with Crippen molar-refractivity contribution in [1.29, 1.82) is 0 Å². The Kier molecular flexibility index (Phi) is 6.54. The number of hydrogen-bond acceptors (Lipinski definition) is 5. The van der Waals surface area contributed by atoms with E-state index in [-0.39, 0.29) is 37.6 Å². The van der Waals surface area contributed by atoms with Gasteiger partial charge in [0.1, 0.15) is 23.4 Å². The number of halogens is 2. The van der Waals surface area contributed by atoms with Crippen LogP contribution in [-0.4, -0.2) is 36.8 Å². The lowest BCUT2D eigenvalue weighted by Gasteiger charge is -2.22. The van der Waals surface area contributed by atoms with Gasteiger partial charge in [0.15, 0.2) is 0 Å². The highest BCUT2D eigenvalue weighted by Crippen LogP contribution is 2.25. The molecular weight excluding hydrogens is 380 g/mol. The Bertz CT molecular complexity index is 898. The van der Waals surface area contributed by atoms with Gasteiger partial charge in [-0.1, -0.05) is 18.2 Å². The second-order valence-electron chi connectivity index (χ2n) is 6.49. The van der Waals surface area contributed by atoms with E-state index in [1.165, 1.54) is 17.1 Å². The lowest BCUT2D eigenvalue weighted by Crippen LogP contribution is -2.43. The molecular formula is C21H21F2N3O3. The third-order valence-corrected chi connectivity index (χ3v) is 4.38. The van der Waals surface area contributed by atoms with Gasteiger partial charge in [-0.3, -0.25) is 9.80 Å². The van der Waals surface area contributed by atoms with Crippen LogP contribution in [0.2, 0.25) is 0 Å². The van der Waals surface area contributed by atoms with Gasteiger partial charge in [0.2, 0.25) is 5.91 Å². The monoisotopic (exact) mass is 401 g/mol. The van der Waals surface area contributed by atoms with Gasteiger partial charge in [0, 0.05) is 19.0 Å². The molecule has 1 aliphatic rings. The molecule has 1 atom stereocenters. The Morgan fingerprint density at radius 3 is 2.52 bits per heavy atom. The summed E-state index contributed by atoms with van der Waals surface area (Å²) in [6, 6.07) is 11.5. The number of amides is 1. The number of ether oxygens (including phenoxy) is 1. The first-order valence-corrected chi connectivity index (χ1v) is 9.29. The van der Waals surface area contributed by atoms with E-state index in [1.807, 2.05) is 6.07 Å². The molecule has 0 aromatic heterocycles. The molecule has 1 unspecified atom stereocenters. The van der Waals surface area contributed by atoms with Crippen molar-refractivity contribution in [2.75, 3.05) is 18.2 Å². The summed E-state index contributed by atoms with van der Waals surface area (Å²) in [6.07, 6.45) is 0.373. The van der Waals surface area contributed by atoms with Crippen LogP contribution in [0.1, 0.15) is 18.9 Å². The third-order valence-electron chi connectivity index (χ3n) is 4.38. The van der Waals surface area contributed by atoms with Gasteiger partial charge in [-0.2, -0.15) is 5.10 Å². The molecule has 8 heteroatoms. The molecule has 0 saturated heterocycles. The fourth-order valence-electron chi connectivity index (χ4n) is 3.07. The fourth-order valence-corrected chi connectivity index (χ4v) is 3.07. The molecule has 1 heterocycles. The van der Waals surface area contributed by atoms with Gasteiger partial charge in [-0.05, 0) is 43.2 Å². The molecule has 0 bridgehead atoms. The van der Waals surface area contributed by atoms with Crippen LogP contribution in [0, 0.1) is 11.6 Å². The van der Waals surface area contributed by atoms with E-state index in [1.54, 1.807) is 31.2 Å². The maximum atomic E-state index is 13.3. The summed E-state index contributed by atoms with van der Waals surface area (Å²) in [5.41, 5.74) is 1.28. The van der Waals surface area contributed by atoms with Gasteiger partial charge in [-0.15, -0.1) is 0 Å². The molecule has 2 aromatic rings. The van der Waals surface area contributed by atoms with Crippen LogP contribution in [0.25, 0.3) is 0 Å². The molecule has 0 fully saturated rings. The Morgan fingerprint density at radius 2 is 1.86 bits per heavy atom. The van der Waals surface area contributed by atoms with Crippen LogP contribution in [0.15, 0.2) is 53.6 Å². The Balaban J connectivity index is 1.68. The predicted octanol–water partition coefficient (Wildman–Crippen LogP) is 2.82. The molecule has 2 aromatic carbocycles. The summed E-state index contributed by atoms with van der Waals surface area (Å²) in [5.74, 6) is -2.22. The van der Waals surface area contributed by atoms with E-state index in [9.17, 15) is 18.4 Å². The van der Waals surface area contributed by atoms with E-state index >= 15 is 0 Å². The maximum absolute atomic E-state index is 13.3. The maximum Gasteiger partial charge on any atom is 0.354 e. The van der Waals surface area contributed by atoms with Gasteiger partial charge in [-0.25, -0.2) is 13.6 Å². The van der Waals surface area contributed by atoms with E-state index in [0.29, 0.717) is 11.3 Å². The quantitative estimate of drug-likeness (QED) is 0.725. The highest BCUT2D eigenvalue weighted by molar-refractivity contribution is 6.38. The van der Waals surface area contributed by atoms with Crippen molar-refractivity contribution in [2.45, 2.75) is 25.8 Å². The fraction of sp³-hybridized carbons (Fsp3) is 0.286. The van der Waals surface area contributed by atoms with E-state index < -0.39 is 23.6 Å². The number of hydrogen-bond donors (Lipinski definition) is 1. The van der Waals surface area contributed by atoms with Crippen molar-refractivity contribution in [2.24, 2.45) is 5.10 Å². The van der Waals surface area contributed by atoms with E-state index in [2.05, 4.69) is 10.4 Å². The molecule has 0 saturated carbocycles. The van der Waals surface area contributed by atoms with Gasteiger partial charge < -0.3 is 10.1 Å². The SMILES string of the molecule is CCOC(=O)C1=NN(c2ccccc2)C(C(=O)NCCc2cc(F)cc(F)c2)C1. The van der Waals surface area contributed by atoms with Crippen LogP contribution in [0.3, 0.4) is 0 Å². The number of anilines is 1. The summed E-state index contributed by atoms with van der Waals surface area (Å²) >= 11 is 0. The normalized spacial score (nSPS) is 15.8. The number of carbonyl (C=O) groups is 2. The van der Waals surface area contributed by atoms with Crippen molar-refractivity contribution in [3.8, 4) is 0 Å². The summed E-state index contributed by atoms with van der Waals surface area (Å²) in [7, 11) is 0. The van der Waals surface area contributed by atoms with E-state index in [4.69, 9.17) is 4.74 Å². The molecule has 0 spiro atoms. The standard InChI is InChI=1S/C21H21F2N3O3/c1-2-29-21(28)18-13-19(26(25-18)17-6-4-3-5-7-17)20(27)24-9-8-14-10-15(22)12-16(23)11-14/h3-7,10-12,19H,2,8-9,13H2,1H3,(H,24,27). The number of nitrogens with one attached hydrogen (secondary N) is 1. The Hall–Kier alpha value is -3.29. The van der Waals surface area contributed by atoms with Crippen molar-refractivity contribution in [3.63, 3.8) is 0 Å². The van der Waals surface area contributed by atoms with Gasteiger partial charge >= 0.3 is 5.97 Å². The molecule has 152 valence electrons. The van der Waals surface area contributed by atoms with Gasteiger partial charge in [0.05, 0.1) is 12.3 Å². The topological polar surface area (TPSA) is 71.0 Å². The lowest BCUT2D eigenvalue weighted by molar-refractivity contribution is -0.135. The summed E-state index contributed by atoms with van der Waals surface area (Å²) < 4.78 is 31.6. The second-order valence-corrected chi connectivity index (χ2v) is 6.49. The molecule has 0 aliphatic carbocycles. The minimum atomic E-state index is -0.721. The zero-order chi connectivity index (χ0) is 20.8. The molecule has 1 aliphatic heterocycles. The molecule has 6 nitrogen and oxygen atoms in total. The van der Waals surface area contributed by atoms with Crippen molar-refractivity contribution in [3.05, 3.63) is 65.7 Å².